The summed E-state index contributed by atoms with van der Waals surface area (Å²) in [4.78, 5) is 6.17. The number of nitrogens with zero attached hydrogens (tertiary/aromatic N) is 1. The molecule has 0 saturated heterocycles. The molecule has 0 atom stereocenters. The highest BCUT2D eigenvalue weighted by molar-refractivity contribution is 6.10. The van der Waals surface area contributed by atoms with E-state index in [-0.39, 0.29) is 0 Å². The number of para-hydroxylation sites is 3. The Kier molecular flexibility index (Phi) is 4.77. The predicted octanol–water partition coefficient (Wildman–Crippen LogP) is 9.49. The third-order valence-electron chi connectivity index (χ3n) is 8.24. The molecule has 1 aliphatic rings. The molecule has 1 aliphatic heterocycles. The van der Waals surface area contributed by atoms with Gasteiger partial charge in [-0.3, -0.25) is 0 Å². The molecule has 8 rings (SSSR count). The van der Waals surface area contributed by atoms with Crippen molar-refractivity contribution in [2.45, 2.75) is 5.41 Å². The van der Waals surface area contributed by atoms with Gasteiger partial charge in [0.25, 0.3) is 0 Å². The molecule has 1 aromatic heterocycles. The Morgan fingerprint density at radius 1 is 0.436 bits per heavy atom. The fraction of sp³-hybridized carbons (Fsp3) is 0.0270. The maximum Gasteiger partial charge on any atom is 0.0743 e. The first kappa shape index (κ1) is 22.0. The molecule has 0 amide bonds. The lowest BCUT2D eigenvalue weighted by Crippen LogP contribution is -2.37. The summed E-state index contributed by atoms with van der Waals surface area (Å²) in [6.07, 6.45) is 0. The molecule has 0 bridgehead atoms. The van der Waals surface area contributed by atoms with Crippen LogP contribution in [0.5, 0.6) is 0 Å². The van der Waals surface area contributed by atoms with E-state index in [4.69, 9.17) is 0 Å². The summed E-state index contributed by atoms with van der Waals surface area (Å²) >= 11 is 0. The fourth-order valence-corrected chi connectivity index (χ4v) is 6.65. The van der Waals surface area contributed by atoms with Gasteiger partial charge in [0, 0.05) is 27.5 Å². The number of fused-ring (bicyclic) bond motifs is 5. The molecule has 6 aromatic carbocycles. The summed E-state index contributed by atoms with van der Waals surface area (Å²) in [6.45, 7) is 0. The van der Waals surface area contributed by atoms with E-state index in [9.17, 15) is 0 Å². The molecule has 1 N–H and O–H groups in total. The Morgan fingerprint density at radius 2 is 1.03 bits per heavy atom. The van der Waals surface area contributed by atoms with E-state index >= 15 is 0 Å². The number of H-pyrrole nitrogens is 1. The first-order valence-corrected chi connectivity index (χ1v) is 13.5. The quantitative estimate of drug-likeness (QED) is 0.257. The van der Waals surface area contributed by atoms with Crippen LogP contribution < -0.4 is 4.90 Å². The Labute approximate surface area is 227 Å². The second kappa shape index (κ2) is 8.47. The number of hydrogen-bond donors (Lipinski definition) is 1. The largest absolute Gasteiger partial charge is 0.354 e. The lowest BCUT2D eigenvalue weighted by molar-refractivity contribution is 0.732. The van der Waals surface area contributed by atoms with Crippen LogP contribution in [0.1, 0.15) is 22.3 Å². The molecule has 2 nitrogen and oxygen atoms in total. The summed E-state index contributed by atoms with van der Waals surface area (Å²) in [6, 6.07) is 55.0. The van der Waals surface area contributed by atoms with Gasteiger partial charge in [-0.1, -0.05) is 115 Å². The fourth-order valence-electron chi connectivity index (χ4n) is 6.65. The molecule has 0 aliphatic carbocycles. The minimum Gasteiger partial charge on any atom is -0.354 e. The van der Waals surface area contributed by atoms with E-state index < -0.39 is 5.41 Å². The zero-order valence-corrected chi connectivity index (χ0v) is 21.4. The van der Waals surface area contributed by atoms with Crippen LogP contribution in [0.25, 0.3) is 21.8 Å². The van der Waals surface area contributed by atoms with Gasteiger partial charge in [-0.25, -0.2) is 0 Å². The highest BCUT2D eigenvalue weighted by Gasteiger charge is 2.46. The zero-order chi connectivity index (χ0) is 25.8. The van der Waals surface area contributed by atoms with Crippen LogP contribution in [-0.4, -0.2) is 4.98 Å². The van der Waals surface area contributed by atoms with Gasteiger partial charge in [0.15, 0.2) is 0 Å². The van der Waals surface area contributed by atoms with Gasteiger partial charge >= 0.3 is 0 Å². The van der Waals surface area contributed by atoms with E-state index in [0.717, 1.165) is 16.7 Å². The Balaban J connectivity index is 1.59. The number of aromatic nitrogens is 1. The van der Waals surface area contributed by atoms with Crippen molar-refractivity contribution in [1.82, 2.24) is 4.98 Å². The van der Waals surface area contributed by atoms with Crippen LogP contribution in [0, 0.1) is 0 Å². The third-order valence-corrected chi connectivity index (χ3v) is 8.24. The van der Waals surface area contributed by atoms with Crippen molar-refractivity contribution < 1.29 is 0 Å². The average molecular weight is 499 g/mol. The Hall–Kier alpha value is -5.08. The highest BCUT2D eigenvalue weighted by atomic mass is 15.2. The minimum absolute atomic E-state index is 0.495. The maximum absolute atomic E-state index is 3.73. The van der Waals surface area contributed by atoms with Crippen molar-refractivity contribution in [3.8, 4) is 0 Å². The lowest BCUT2D eigenvalue weighted by atomic mass is 9.62. The van der Waals surface area contributed by atoms with Gasteiger partial charge in [0.1, 0.15) is 0 Å². The summed E-state index contributed by atoms with van der Waals surface area (Å²) in [5.41, 5.74) is 10.4. The van der Waals surface area contributed by atoms with Gasteiger partial charge in [-0.15, -0.1) is 0 Å². The number of anilines is 3. The smallest absolute Gasteiger partial charge is 0.0743 e. The molecule has 0 spiro atoms. The van der Waals surface area contributed by atoms with Gasteiger partial charge < -0.3 is 9.88 Å². The highest BCUT2D eigenvalue weighted by Crippen LogP contribution is 2.58. The molecule has 7 aromatic rings. The summed E-state index contributed by atoms with van der Waals surface area (Å²) in [7, 11) is 0. The van der Waals surface area contributed by atoms with Gasteiger partial charge in [0.2, 0.25) is 0 Å². The van der Waals surface area contributed by atoms with Crippen molar-refractivity contribution in [1.29, 1.82) is 0 Å². The number of hydrogen-bond acceptors (Lipinski definition) is 1. The van der Waals surface area contributed by atoms with E-state index in [2.05, 4.69) is 162 Å². The average Bonchev–Trinajstić information content (AvgIpc) is 3.38. The van der Waals surface area contributed by atoms with Crippen molar-refractivity contribution in [2.75, 3.05) is 4.90 Å². The second-order valence-corrected chi connectivity index (χ2v) is 10.3. The van der Waals surface area contributed by atoms with Crippen molar-refractivity contribution in [2.24, 2.45) is 0 Å². The van der Waals surface area contributed by atoms with Crippen LogP contribution in [0.15, 0.2) is 152 Å². The molecule has 184 valence electrons. The number of rotatable bonds is 3. The summed E-state index contributed by atoms with van der Waals surface area (Å²) in [5.74, 6) is 0. The van der Waals surface area contributed by atoms with Gasteiger partial charge in [-0.05, 0) is 58.7 Å². The standard InChI is InChI=1S/C37H26N2/c1-4-14-26(15-5-1)37(27-16-6-2-7-17-27)31-21-11-13-23-35(31)39(28-18-8-3-9-19-28)36-24-30-29-20-10-12-22-33(29)38-34(30)25-32(36)37/h1-25,38H. The topological polar surface area (TPSA) is 19.0 Å². The van der Waals surface area contributed by atoms with Crippen LogP contribution in [-0.2, 0) is 5.41 Å². The van der Waals surface area contributed by atoms with Gasteiger partial charge in [0.05, 0.1) is 16.8 Å². The maximum atomic E-state index is 3.73. The first-order valence-electron chi connectivity index (χ1n) is 13.5. The molecule has 0 fully saturated rings. The van der Waals surface area contributed by atoms with Crippen LogP contribution in [0.2, 0.25) is 0 Å². The molecule has 0 saturated carbocycles. The van der Waals surface area contributed by atoms with Crippen molar-refractivity contribution >= 4 is 38.9 Å². The van der Waals surface area contributed by atoms with E-state index in [1.54, 1.807) is 0 Å². The molecular weight excluding hydrogens is 472 g/mol. The molecule has 0 unspecified atom stereocenters. The van der Waals surface area contributed by atoms with E-state index in [1.807, 2.05) is 0 Å². The molecule has 2 heteroatoms. The SMILES string of the molecule is c1ccc(N2c3ccccc3C(c3ccccc3)(c3ccccc3)c3cc4[nH]c5ccccc5c4cc32)cc1. The first-order chi connectivity index (χ1) is 19.4. The van der Waals surface area contributed by atoms with Crippen molar-refractivity contribution in [3.63, 3.8) is 0 Å². The minimum atomic E-state index is -0.495. The van der Waals surface area contributed by atoms with E-state index in [0.29, 0.717) is 0 Å². The molecule has 0 radical (unpaired) electrons. The van der Waals surface area contributed by atoms with E-state index in [1.165, 1.54) is 44.4 Å². The lowest BCUT2D eigenvalue weighted by Gasteiger charge is -2.46. The number of aromatic amines is 1. The molecule has 2 heterocycles. The molecule has 39 heavy (non-hydrogen) atoms. The Morgan fingerprint density at radius 3 is 1.74 bits per heavy atom. The normalized spacial score (nSPS) is 13.8. The second-order valence-electron chi connectivity index (χ2n) is 10.3. The number of benzene rings is 6. The Bertz CT molecular complexity index is 1910. The monoisotopic (exact) mass is 498 g/mol. The van der Waals surface area contributed by atoms with Crippen LogP contribution in [0.4, 0.5) is 17.1 Å². The van der Waals surface area contributed by atoms with Crippen molar-refractivity contribution in [3.05, 3.63) is 174 Å². The predicted molar refractivity (Wildman–Crippen MR) is 162 cm³/mol. The third kappa shape index (κ3) is 3.09. The van der Waals surface area contributed by atoms with Crippen LogP contribution in [0.3, 0.4) is 0 Å². The zero-order valence-electron chi connectivity index (χ0n) is 21.4. The summed E-state index contributed by atoms with van der Waals surface area (Å²) in [5, 5.41) is 2.48. The molecular formula is C37H26N2. The summed E-state index contributed by atoms with van der Waals surface area (Å²) < 4.78 is 0. The van der Waals surface area contributed by atoms with Gasteiger partial charge in [-0.2, -0.15) is 0 Å². The van der Waals surface area contributed by atoms with Crippen LogP contribution >= 0.6 is 0 Å². The number of nitrogens with one attached hydrogen (secondary N) is 1.